The molecule has 1 saturated heterocycles. The summed E-state index contributed by atoms with van der Waals surface area (Å²) in [5.74, 6) is 0.830. The molecular formula is C18H17N3O4. The summed E-state index contributed by atoms with van der Waals surface area (Å²) in [5.41, 5.74) is 1.16. The lowest BCUT2D eigenvalue weighted by atomic mass is 10.1. The summed E-state index contributed by atoms with van der Waals surface area (Å²) in [6, 6.07) is 8.05. The Balaban J connectivity index is 1.51. The fourth-order valence-electron chi connectivity index (χ4n) is 3.14. The van der Waals surface area contributed by atoms with Crippen LogP contribution in [-0.2, 0) is 4.79 Å². The standard InChI is InChI=1S/C18H17N3O4/c22-17(20-13-5-7-19-8-6-13)14-2-1-9-21(14)18(23)12-3-4-15-16(10-12)25-11-24-15/h3-8,10,14H,1-2,9,11H2,(H,19,20,22)/t14-/m1/s1. The van der Waals surface area contributed by atoms with E-state index in [9.17, 15) is 9.59 Å². The van der Waals surface area contributed by atoms with Gasteiger partial charge in [-0.2, -0.15) is 0 Å². The minimum absolute atomic E-state index is 0.160. The molecule has 2 aromatic rings. The first kappa shape index (κ1) is 15.4. The molecule has 0 bridgehead atoms. The first-order chi connectivity index (χ1) is 12.2. The van der Waals surface area contributed by atoms with Crippen LogP contribution in [-0.4, -0.2) is 41.1 Å². The highest BCUT2D eigenvalue weighted by Gasteiger charge is 2.35. The predicted molar refractivity (Wildman–Crippen MR) is 89.5 cm³/mol. The average molecular weight is 339 g/mol. The molecule has 1 atom stereocenters. The topological polar surface area (TPSA) is 80.8 Å². The molecule has 1 aromatic carbocycles. The van der Waals surface area contributed by atoms with Gasteiger partial charge in [-0.05, 0) is 43.2 Å². The van der Waals surface area contributed by atoms with E-state index in [-0.39, 0.29) is 18.6 Å². The Labute approximate surface area is 144 Å². The number of aromatic nitrogens is 1. The number of benzene rings is 1. The van der Waals surface area contributed by atoms with Gasteiger partial charge in [0.25, 0.3) is 5.91 Å². The second-order valence-electron chi connectivity index (χ2n) is 5.95. The monoisotopic (exact) mass is 339 g/mol. The van der Waals surface area contributed by atoms with Crippen LogP contribution in [0.2, 0.25) is 0 Å². The van der Waals surface area contributed by atoms with E-state index in [1.165, 1.54) is 0 Å². The van der Waals surface area contributed by atoms with E-state index < -0.39 is 6.04 Å². The fraction of sp³-hybridized carbons (Fsp3) is 0.278. The first-order valence-electron chi connectivity index (χ1n) is 8.14. The van der Waals surface area contributed by atoms with Crippen molar-refractivity contribution in [3.63, 3.8) is 0 Å². The minimum Gasteiger partial charge on any atom is -0.454 e. The molecule has 1 aromatic heterocycles. The Bertz CT molecular complexity index is 809. The minimum atomic E-state index is -0.480. The van der Waals surface area contributed by atoms with E-state index >= 15 is 0 Å². The molecule has 25 heavy (non-hydrogen) atoms. The molecular weight excluding hydrogens is 322 g/mol. The molecule has 0 spiro atoms. The number of carbonyl (C=O) groups is 2. The molecule has 1 fully saturated rings. The highest BCUT2D eigenvalue weighted by Crippen LogP contribution is 2.33. The fourth-order valence-corrected chi connectivity index (χ4v) is 3.14. The number of nitrogens with zero attached hydrogens (tertiary/aromatic N) is 2. The molecule has 0 unspecified atom stereocenters. The van der Waals surface area contributed by atoms with Gasteiger partial charge in [-0.15, -0.1) is 0 Å². The zero-order chi connectivity index (χ0) is 17.2. The summed E-state index contributed by atoms with van der Waals surface area (Å²) < 4.78 is 10.6. The summed E-state index contributed by atoms with van der Waals surface area (Å²) in [6.45, 7) is 0.718. The van der Waals surface area contributed by atoms with Gasteiger partial charge in [0.05, 0.1) is 0 Å². The highest BCUT2D eigenvalue weighted by molar-refractivity contribution is 6.01. The van der Waals surface area contributed by atoms with Crippen molar-refractivity contribution in [1.29, 1.82) is 0 Å². The third kappa shape index (κ3) is 3.00. The second kappa shape index (κ2) is 6.43. The summed E-state index contributed by atoms with van der Waals surface area (Å²) in [5, 5.41) is 2.84. The van der Waals surface area contributed by atoms with Gasteiger partial charge in [-0.3, -0.25) is 14.6 Å². The molecule has 2 amide bonds. The van der Waals surface area contributed by atoms with Crippen molar-refractivity contribution >= 4 is 17.5 Å². The molecule has 0 aliphatic carbocycles. The number of amides is 2. The molecule has 4 rings (SSSR count). The molecule has 2 aliphatic heterocycles. The molecule has 7 nitrogen and oxygen atoms in total. The maximum atomic E-state index is 12.9. The Morgan fingerprint density at radius 2 is 1.92 bits per heavy atom. The maximum Gasteiger partial charge on any atom is 0.254 e. The van der Waals surface area contributed by atoms with Crippen LogP contribution in [0.4, 0.5) is 5.69 Å². The third-order valence-electron chi connectivity index (χ3n) is 4.38. The van der Waals surface area contributed by atoms with E-state index in [2.05, 4.69) is 10.3 Å². The Hall–Kier alpha value is -3.09. The summed E-state index contributed by atoms with van der Waals surface area (Å²) in [6.07, 6.45) is 4.66. The Morgan fingerprint density at radius 3 is 2.76 bits per heavy atom. The van der Waals surface area contributed by atoms with Crippen molar-refractivity contribution in [2.24, 2.45) is 0 Å². The number of fused-ring (bicyclic) bond motifs is 1. The van der Waals surface area contributed by atoms with Crippen molar-refractivity contribution in [1.82, 2.24) is 9.88 Å². The largest absolute Gasteiger partial charge is 0.454 e. The molecule has 0 saturated carbocycles. The van der Waals surface area contributed by atoms with Crippen molar-refractivity contribution in [2.45, 2.75) is 18.9 Å². The predicted octanol–water partition coefficient (Wildman–Crippen LogP) is 2.05. The number of hydrogen-bond acceptors (Lipinski definition) is 5. The number of nitrogens with one attached hydrogen (secondary N) is 1. The van der Waals surface area contributed by atoms with Gasteiger partial charge in [0.2, 0.25) is 12.7 Å². The van der Waals surface area contributed by atoms with Crippen molar-refractivity contribution in [3.8, 4) is 11.5 Å². The van der Waals surface area contributed by atoms with Gasteiger partial charge in [0.1, 0.15) is 6.04 Å². The maximum absolute atomic E-state index is 12.9. The second-order valence-corrected chi connectivity index (χ2v) is 5.95. The molecule has 1 N–H and O–H groups in total. The zero-order valence-electron chi connectivity index (χ0n) is 13.5. The number of hydrogen-bond donors (Lipinski definition) is 1. The van der Waals surface area contributed by atoms with Gasteiger partial charge < -0.3 is 19.7 Å². The van der Waals surface area contributed by atoms with Crippen LogP contribution < -0.4 is 14.8 Å². The molecule has 0 radical (unpaired) electrons. The lowest BCUT2D eigenvalue weighted by Crippen LogP contribution is -2.43. The summed E-state index contributed by atoms with van der Waals surface area (Å²) >= 11 is 0. The molecule has 3 heterocycles. The van der Waals surface area contributed by atoms with Crippen molar-refractivity contribution in [2.75, 3.05) is 18.7 Å². The van der Waals surface area contributed by atoms with Crippen LogP contribution in [0.25, 0.3) is 0 Å². The molecule has 2 aliphatic rings. The Morgan fingerprint density at radius 1 is 1.12 bits per heavy atom. The third-order valence-corrected chi connectivity index (χ3v) is 4.38. The zero-order valence-corrected chi connectivity index (χ0v) is 13.5. The average Bonchev–Trinajstić information content (AvgIpc) is 3.30. The van der Waals surface area contributed by atoms with Crippen LogP contribution in [0.3, 0.4) is 0 Å². The van der Waals surface area contributed by atoms with E-state index in [0.717, 1.165) is 6.42 Å². The van der Waals surface area contributed by atoms with Gasteiger partial charge >= 0.3 is 0 Å². The summed E-state index contributed by atoms with van der Waals surface area (Å²) in [4.78, 5) is 31.0. The quantitative estimate of drug-likeness (QED) is 0.926. The summed E-state index contributed by atoms with van der Waals surface area (Å²) in [7, 11) is 0. The SMILES string of the molecule is O=C(Nc1ccncc1)[C@H]1CCCN1C(=O)c1ccc2c(c1)OCO2. The van der Waals surface area contributed by atoms with Crippen LogP contribution in [0, 0.1) is 0 Å². The van der Waals surface area contributed by atoms with Crippen molar-refractivity contribution in [3.05, 3.63) is 48.3 Å². The van der Waals surface area contributed by atoms with Gasteiger partial charge in [-0.25, -0.2) is 0 Å². The van der Waals surface area contributed by atoms with Gasteiger partial charge in [0.15, 0.2) is 11.5 Å². The number of ether oxygens (including phenoxy) is 2. The van der Waals surface area contributed by atoms with Crippen molar-refractivity contribution < 1.29 is 19.1 Å². The van der Waals surface area contributed by atoms with Gasteiger partial charge in [0, 0.05) is 30.2 Å². The van der Waals surface area contributed by atoms with E-state index in [1.807, 2.05) is 0 Å². The smallest absolute Gasteiger partial charge is 0.254 e. The molecule has 128 valence electrons. The number of rotatable bonds is 3. The number of anilines is 1. The highest BCUT2D eigenvalue weighted by atomic mass is 16.7. The number of pyridine rings is 1. The van der Waals surface area contributed by atoms with E-state index in [0.29, 0.717) is 35.7 Å². The lowest BCUT2D eigenvalue weighted by molar-refractivity contribution is -0.119. The first-order valence-corrected chi connectivity index (χ1v) is 8.14. The van der Waals surface area contributed by atoms with E-state index in [1.54, 1.807) is 47.6 Å². The van der Waals surface area contributed by atoms with Gasteiger partial charge in [-0.1, -0.05) is 0 Å². The lowest BCUT2D eigenvalue weighted by Gasteiger charge is -2.24. The van der Waals surface area contributed by atoms with Crippen LogP contribution in [0.1, 0.15) is 23.2 Å². The Kier molecular flexibility index (Phi) is 3.97. The van der Waals surface area contributed by atoms with Crippen LogP contribution in [0.15, 0.2) is 42.7 Å². The van der Waals surface area contributed by atoms with Crippen LogP contribution >= 0.6 is 0 Å². The number of carbonyl (C=O) groups excluding carboxylic acids is 2. The van der Waals surface area contributed by atoms with E-state index in [4.69, 9.17) is 9.47 Å². The van der Waals surface area contributed by atoms with Crippen LogP contribution in [0.5, 0.6) is 11.5 Å². The number of likely N-dealkylation sites (tertiary alicyclic amines) is 1. The molecule has 7 heteroatoms. The normalized spacial score (nSPS) is 18.2.